The molecule has 0 saturated carbocycles. The SMILES string of the molecule is Cc1ccc2c(c1)CC(C)(C)NC2.Cl. The Morgan fingerprint density at radius 3 is 2.64 bits per heavy atom. The van der Waals surface area contributed by atoms with Crippen LogP contribution in [0, 0.1) is 6.92 Å². The summed E-state index contributed by atoms with van der Waals surface area (Å²) in [5, 5.41) is 3.53. The molecule has 0 bridgehead atoms. The van der Waals surface area contributed by atoms with E-state index in [4.69, 9.17) is 0 Å². The van der Waals surface area contributed by atoms with Crippen LogP contribution in [0.1, 0.15) is 30.5 Å². The molecule has 1 aliphatic heterocycles. The van der Waals surface area contributed by atoms with Gasteiger partial charge in [0.05, 0.1) is 0 Å². The summed E-state index contributed by atoms with van der Waals surface area (Å²) in [5.74, 6) is 0. The lowest BCUT2D eigenvalue weighted by molar-refractivity contribution is 0.362. The van der Waals surface area contributed by atoms with Gasteiger partial charge in [0.1, 0.15) is 0 Å². The summed E-state index contributed by atoms with van der Waals surface area (Å²) in [6.45, 7) is 7.70. The number of aryl methyl sites for hydroxylation is 1. The Bertz CT molecular complexity index is 331. The van der Waals surface area contributed by atoms with Gasteiger partial charge in [-0.1, -0.05) is 23.8 Å². The van der Waals surface area contributed by atoms with Crippen molar-refractivity contribution in [3.05, 3.63) is 34.9 Å². The van der Waals surface area contributed by atoms with Gasteiger partial charge in [-0.3, -0.25) is 0 Å². The summed E-state index contributed by atoms with van der Waals surface area (Å²) >= 11 is 0. The summed E-state index contributed by atoms with van der Waals surface area (Å²) in [7, 11) is 0. The van der Waals surface area contributed by atoms with E-state index in [1.54, 1.807) is 0 Å². The number of rotatable bonds is 0. The third kappa shape index (κ3) is 2.28. The molecule has 1 heterocycles. The predicted molar refractivity (Wildman–Crippen MR) is 63.0 cm³/mol. The summed E-state index contributed by atoms with van der Waals surface area (Å²) < 4.78 is 0. The lowest BCUT2D eigenvalue weighted by Crippen LogP contribution is -2.44. The molecule has 0 radical (unpaired) electrons. The minimum Gasteiger partial charge on any atom is -0.307 e. The molecule has 2 heteroatoms. The molecule has 0 amide bonds. The first-order valence-corrected chi connectivity index (χ1v) is 4.90. The molecule has 0 spiro atoms. The number of benzene rings is 1. The van der Waals surface area contributed by atoms with Crippen LogP contribution in [-0.4, -0.2) is 5.54 Å². The molecule has 0 saturated heterocycles. The van der Waals surface area contributed by atoms with Crippen LogP contribution in [-0.2, 0) is 13.0 Å². The fourth-order valence-electron chi connectivity index (χ4n) is 1.96. The van der Waals surface area contributed by atoms with Crippen molar-refractivity contribution in [2.24, 2.45) is 0 Å². The first-order valence-electron chi connectivity index (χ1n) is 4.90. The van der Waals surface area contributed by atoms with Crippen LogP contribution in [0.25, 0.3) is 0 Å². The zero-order valence-corrected chi connectivity index (χ0v) is 9.87. The number of fused-ring (bicyclic) bond motifs is 1. The molecule has 0 unspecified atom stereocenters. The van der Waals surface area contributed by atoms with E-state index in [1.165, 1.54) is 16.7 Å². The standard InChI is InChI=1S/C12H17N.ClH/c1-9-4-5-10-8-13-12(2,3)7-11(10)6-9;/h4-6,13H,7-8H2,1-3H3;1H. The van der Waals surface area contributed by atoms with Crippen molar-refractivity contribution in [3.63, 3.8) is 0 Å². The van der Waals surface area contributed by atoms with Crippen LogP contribution >= 0.6 is 12.4 Å². The van der Waals surface area contributed by atoms with Gasteiger partial charge in [-0.05, 0) is 38.3 Å². The molecule has 1 aromatic rings. The summed E-state index contributed by atoms with van der Waals surface area (Å²) in [4.78, 5) is 0. The molecule has 0 aromatic heterocycles. The molecule has 0 fully saturated rings. The second-order valence-corrected chi connectivity index (χ2v) is 4.69. The zero-order chi connectivity index (χ0) is 9.47. The van der Waals surface area contributed by atoms with E-state index in [1.807, 2.05) is 0 Å². The van der Waals surface area contributed by atoms with Crippen LogP contribution in [0.3, 0.4) is 0 Å². The monoisotopic (exact) mass is 211 g/mol. The second-order valence-electron chi connectivity index (χ2n) is 4.69. The summed E-state index contributed by atoms with van der Waals surface area (Å²) in [6, 6.07) is 6.75. The van der Waals surface area contributed by atoms with Gasteiger partial charge in [0.25, 0.3) is 0 Å². The first-order chi connectivity index (χ1) is 6.07. The molecule has 0 atom stereocenters. The van der Waals surface area contributed by atoms with Crippen molar-refractivity contribution in [2.45, 2.75) is 39.3 Å². The Labute approximate surface area is 92.3 Å². The maximum atomic E-state index is 3.53. The van der Waals surface area contributed by atoms with Gasteiger partial charge in [-0.2, -0.15) is 0 Å². The summed E-state index contributed by atoms with van der Waals surface area (Å²) in [6.07, 6.45) is 1.14. The fraction of sp³-hybridized carbons (Fsp3) is 0.500. The second kappa shape index (κ2) is 3.92. The molecule has 1 N–H and O–H groups in total. The van der Waals surface area contributed by atoms with Crippen molar-refractivity contribution in [2.75, 3.05) is 0 Å². The number of halogens is 1. The Morgan fingerprint density at radius 2 is 1.93 bits per heavy atom. The fourth-order valence-corrected chi connectivity index (χ4v) is 1.96. The predicted octanol–water partition coefficient (Wildman–Crippen LogP) is 2.84. The van der Waals surface area contributed by atoms with Gasteiger partial charge in [0.2, 0.25) is 0 Å². The summed E-state index contributed by atoms with van der Waals surface area (Å²) in [5.41, 5.74) is 4.62. The van der Waals surface area contributed by atoms with E-state index in [-0.39, 0.29) is 17.9 Å². The molecule has 1 aliphatic rings. The molecule has 1 nitrogen and oxygen atoms in total. The lowest BCUT2D eigenvalue weighted by Gasteiger charge is -2.33. The molecule has 78 valence electrons. The van der Waals surface area contributed by atoms with E-state index in [0.29, 0.717) is 0 Å². The van der Waals surface area contributed by atoms with Crippen LogP contribution in [0.4, 0.5) is 0 Å². The molecular weight excluding hydrogens is 194 g/mol. The van der Waals surface area contributed by atoms with Gasteiger partial charge >= 0.3 is 0 Å². The number of hydrogen-bond acceptors (Lipinski definition) is 1. The average Bonchev–Trinajstić information content (AvgIpc) is 2.01. The Kier molecular flexibility index (Phi) is 3.23. The topological polar surface area (TPSA) is 12.0 Å². The molecule has 2 rings (SSSR count). The molecule has 1 aromatic carbocycles. The Balaban J connectivity index is 0.000000980. The molecule has 0 aliphatic carbocycles. The maximum absolute atomic E-state index is 3.53. The van der Waals surface area contributed by atoms with Gasteiger partial charge in [0.15, 0.2) is 0 Å². The quantitative estimate of drug-likeness (QED) is 0.696. The van der Waals surface area contributed by atoms with E-state index in [0.717, 1.165) is 13.0 Å². The van der Waals surface area contributed by atoms with Gasteiger partial charge < -0.3 is 5.32 Å². The average molecular weight is 212 g/mol. The third-order valence-corrected chi connectivity index (χ3v) is 2.75. The van der Waals surface area contributed by atoms with Crippen molar-refractivity contribution < 1.29 is 0 Å². The molecular formula is C12H18ClN. The Morgan fingerprint density at radius 1 is 1.21 bits per heavy atom. The number of hydrogen-bond donors (Lipinski definition) is 1. The van der Waals surface area contributed by atoms with Crippen molar-refractivity contribution >= 4 is 12.4 Å². The highest BCUT2D eigenvalue weighted by Crippen LogP contribution is 2.23. The molecule has 14 heavy (non-hydrogen) atoms. The van der Waals surface area contributed by atoms with Crippen LogP contribution in [0.2, 0.25) is 0 Å². The van der Waals surface area contributed by atoms with Crippen molar-refractivity contribution in [3.8, 4) is 0 Å². The third-order valence-electron chi connectivity index (χ3n) is 2.75. The van der Waals surface area contributed by atoms with Gasteiger partial charge in [-0.15, -0.1) is 12.4 Å². The number of nitrogens with one attached hydrogen (secondary N) is 1. The highest BCUT2D eigenvalue weighted by molar-refractivity contribution is 5.85. The zero-order valence-electron chi connectivity index (χ0n) is 9.05. The van der Waals surface area contributed by atoms with E-state index < -0.39 is 0 Å². The smallest absolute Gasteiger partial charge is 0.0213 e. The largest absolute Gasteiger partial charge is 0.307 e. The van der Waals surface area contributed by atoms with Gasteiger partial charge in [0, 0.05) is 12.1 Å². The van der Waals surface area contributed by atoms with Crippen molar-refractivity contribution in [1.82, 2.24) is 5.32 Å². The van der Waals surface area contributed by atoms with Crippen LogP contribution in [0.5, 0.6) is 0 Å². The van der Waals surface area contributed by atoms with E-state index >= 15 is 0 Å². The van der Waals surface area contributed by atoms with E-state index in [9.17, 15) is 0 Å². The van der Waals surface area contributed by atoms with Gasteiger partial charge in [-0.25, -0.2) is 0 Å². The highest BCUT2D eigenvalue weighted by atomic mass is 35.5. The Hall–Kier alpha value is -0.530. The van der Waals surface area contributed by atoms with Crippen molar-refractivity contribution in [1.29, 1.82) is 0 Å². The van der Waals surface area contributed by atoms with Crippen LogP contribution in [0.15, 0.2) is 18.2 Å². The maximum Gasteiger partial charge on any atom is 0.0213 e. The first kappa shape index (κ1) is 11.5. The normalized spacial score (nSPS) is 18.2. The van der Waals surface area contributed by atoms with Crippen LogP contribution < -0.4 is 5.32 Å². The minimum atomic E-state index is 0. The van der Waals surface area contributed by atoms with E-state index in [2.05, 4.69) is 44.3 Å². The minimum absolute atomic E-state index is 0. The lowest BCUT2D eigenvalue weighted by atomic mass is 9.87. The highest BCUT2D eigenvalue weighted by Gasteiger charge is 2.23.